The van der Waals surface area contributed by atoms with Gasteiger partial charge < -0.3 is 19.5 Å². The lowest BCUT2D eigenvalue weighted by Crippen LogP contribution is -2.37. The van der Waals surface area contributed by atoms with Crippen LogP contribution in [0, 0.1) is 0 Å². The largest absolute Gasteiger partial charge is 0.441 e. The van der Waals surface area contributed by atoms with Gasteiger partial charge in [0, 0.05) is 32.1 Å². The lowest BCUT2D eigenvalue weighted by Gasteiger charge is -2.25. The first-order chi connectivity index (χ1) is 12.6. The number of carbonyl (C=O) groups is 2. The van der Waals surface area contributed by atoms with E-state index in [4.69, 9.17) is 4.74 Å². The molecule has 2 amide bonds. The number of benzene rings is 1. The van der Waals surface area contributed by atoms with Crippen molar-refractivity contribution < 1.29 is 14.3 Å². The molecule has 0 saturated carbocycles. The second-order valence-electron chi connectivity index (χ2n) is 7.04. The Morgan fingerprint density at radius 1 is 1.23 bits per heavy atom. The number of hydrogen-bond acceptors (Lipinski definition) is 4. The van der Waals surface area contributed by atoms with E-state index in [2.05, 4.69) is 9.97 Å². The Bertz CT molecular complexity index is 819. The number of likely N-dealkylation sites (N-methyl/N-ethyl adjacent to an activating group) is 1. The number of nitrogens with one attached hydrogen (secondary N) is 1. The number of nitrogens with zero attached hydrogens (tertiary/aromatic N) is 3. The van der Waals surface area contributed by atoms with Crippen molar-refractivity contribution in [2.75, 3.05) is 26.7 Å². The Morgan fingerprint density at radius 3 is 2.77 bits per heavy atom. The Morgan fingerprint density at radius 2 is 2.04 bits per heavy atom. The summed E-state index contributed by atoms with van der Waals surface area (Å²) in [6.45, 7) is 1.80. The van der Waals surface area contributed by atoms with E-state index in [0.29, 0.717) is 37.4 Å². The lowest BCUT2D eigenvalue weighted by molar-refractivity contribution is 0.0438. The maximum atomic E-state index is 13.1. The van der Waals surface area contributed by atoms with Crippen molar-refractivity contribution in [3.63, 3.8) is 0 Å². The minimum atomic E-state index is -0.461. The van der Waals surface area contributed by atoms with Crippen molar-refractivity contribution in [2.24, 2.45) is 0 Å². The molecule has 1 aromatic heterocycles. The molecule has 0 unspecified atom stereocenters. The van der Waals surface area contributed by atoms with Crippen LogP contribution in [0.1, 0.15) is 29.8 Å². The molecule has 7 nitrogen and oxygen atoms in total. The van der Waals surface area contributed by atoms with Gasteiger partial charge >= 0.3 is 6.09 Å². The van der Waals surface area contributed by atoms with Gasteiger partial charge in [-0.05, 0) is 12.8 Å². The molecule has 0 aliphatic carbocycles. The monoisotopic (exact) mass is 354 g/mol. The second kappa shape index (κ2) is 6.48. The zero-order valence-electron chi connectivity index (χ0n) is 14.8. The Balaban J connectivity index is 1.52. The number of ether oxygens (including phenoxy) is 1. The molecule has 2 aliphatic heterocycles. The first-order valence-corrected chi connectivity index (χ1v) is 8.90. The van der Waals surface area contributed by atoms with Gasteiger partial charge in [0.1, 0.15) is 17.0 Å². The van der Waals surface area contributed by atoms with Crippen LogP contribution in [0.5, 0.6) is 0 Å². The minimum Gasteiger partial charge on any atom is -0.441 e. The van der Waals surface area contributed by atoms with E-state index in [0.717, 1.165) is 18.4 Å². The fourth-order valence-electron chi connectivity index (χ4n) is 3.85. The van der Waals surface area contributed by atoms with E-state index in [1.54, 1.807) is 18.3 Å². The van der Waals surface area contributed by atoms with Crippen LogP contribution in [0.25, 0.3) is 11.3 Å². The van der Waals surface area contributed by atoms with E-state index in [1.165, 1.54) is 0 Å². The van der Waals surface area contributed by atoms with E-state index in [1.807, 2.05) is 35.2 Å². The van der Waals surface area contributed by atoms with Crippen molar-refractivity contribution >= 4 is 12.0 Å². The lowest BCUT2D eigenvalue weighted by atomic mass is 9.95. The van der Waals surface area contributed by atoms with Gasteiger partial charge in [-0.1, -0.05) is 30.3 Å². The number of carbonyl (C=O) groups excluding carboxylic acids is 2. The van der Waals surface area contributed by atoms with Crippen LogP contribution in [-0.2, 0) is 4.74 Å². The van der Waals surface area contributed by atoms with Crippen LogP contribution in [0.3, 0.4) is 0 Å². The highest BCUT2D eigenvalue weighted by atomic mass is 16.6. The number of amides is 2. The zero-order chi connectivity index (χ0) is 18.1. The molecular weight excluding hydrogens is 332 g/mol. The van der Waals surface area contributed by atoms with Crippen molar-refractivity contribution in [3.05, 3.63) is 42.4 Å². The van der Waals surface area contributed by atoms with Gasteiger partial charge in [-0.2, -0.15) is 0 Å². The summed E-state index contributed by atoms with van der Waals surface area (Å²) in [5, 5.41) is 0. The van der Waals surface area contributed by atoms with Crippen molar-refractivity contribution in [1.82, 2.24) is 19.8 Å². The summed E-state index contributed by atoms with van der Waals surface area (Å²) in [6, 6.07) is 9.68. The highest BCUT2D eigenvalue weighted by molar-refractivity contribution is 5.98. The molecule has 3 heterocycles. The first-order valence-electron chi connectivity index (χ1n) is 8.90. The third-order valence-corrected chi connectivity index (χ3v) is 5.23. The number of imidazole rings is 1. The number of hydrogen-bond donors (Lipinski definition) is 1. The molecule has 1 spiro atoms. The molecule has 4 rings (SSSR count). The fraction of sp³-hybridized carbons (Fsp3) is 0.421. The smallest absolute Gasteiger partial charge is 0.410 e. The highest BCUT2D eigenvalue weighted by Gasteiger charge is 2.44. The molecule has 2 aliphatic rings. The third-order valence-electron chi connectivity index (χ3n) is 5.23. The number of aromatic nitrogens is 2. The normalized spacial score (nSPS) is 23.2. The molecule has 1 atom stereocenters. The Labute approximate surface area is 152 Å². The molecule has 136 valence electrons. The first kappa shape index (κ1) is 16.6. The van der Waals surface area contributed by atoms with Gasteiger partial charge in [0.15, 0.2) is 0 Å². The number of H-pyrrole nitrogens is 1. The summed E-state index contributed by atoms with van der Waals surface area (Å²) in [5.41, 5.74) is 1.63. The van der Waals surface area contributed by atoms with Crippen LogP contribution in [0.4, 0.5) is 4.79 Å². The standard InChI is InChI=1S/C19H22N4O3/c1-22-12-19(26-18(22)25)8-5-10-23(11-9-19)17(24)16-15(20-13-21-16)14-6-3-2-4-7-14/h2-4,6-7,13H,5,8-12H2,1H3,(H,20,21)/t19-/m0/s1. The molecular formula is C19H22N4O3. The van der Waals surface area contributed by atoms with Gasteiger partial charge in [0.05, 0.1) is 12.9 Å². The topological polar surface area (TPSA) is 78.5 Å². The number of aromatic amines is 1. The van der Waals surface area contributed by atoms with E-state index in [9.17, 15) is 9.59 Å². The van der Waals surface area contributed by atoms with Crippen molar-refractivity contribution in [1.29, 1.82) is 0 Å². The predicted molar refractivity (Wildman–Crippen MR) is 95.6 cm³/mol. The van der Waals surface area contributed by atoms with Gasteiger partial charge in [0.25, 0.3) is 5.91 Å². The molecule has 2 fully saturated rings. The van der Waals surface area contributed by atoms with Gasteiger partial charge in [-0.15, -0.1) is 0 Å². The molecule has 0 bridgehead atoms. The molecule has 2 aromatic rings. The van der Waals surface area contributed by atoms with E-state index >= 15 is 0 Å². The quantitative estimate of drug-likeness (QED) is 0.899. The Kier molecular flexibility index (Phi) is 4.14. The average molecular weight is 354 g/mol. The highest BCUT2D eigenvalue weighted by Crippen LogP contribution is 2.33. The summed E-state index contributed by atoms with van der Waals surface area (Å²) >= 11 is 0. The molecule has 26 heavy (non-hydrogen) atoms. The summed E-state index contributed by atoms with van der Waals surface area (Å²) in [6.07, 6.45) is 3.53. The van der Waals surface area contributed by atoms with Gasteiger partial charge in [-0.25, -0.2) is 9.78 Å². The minimum absolute atomic E-state index is 0.0592. The van der Waals surface area contributed by atoms with Crippen LogP contribution >= 0.6 is 0 Å². The molecule has 2 saturated heterocycles. The summed E-state index contributed by atoms with van der Waals surface area (Å²) in [5.74, 6) is -0.0592. The maximum absolute atomic E-state index is 13.1. The van der Waals surface area contributed by atoms with Gasteiger partial charge in [-0.3, -0.25) is 4.79 Å². The Hall–Kier alpha value is -2.83. The van der Waals surface area contributed by atoms with Crippen molar-refractivity contribution in [3.8, 4) is 11.3 Å². The second-order valence-corrected chi connectivity index (χ2v) is 7.04. The van der Waals surface area contributed by atoms with Crippen LogP contribution in [-0.4, -0.2) is 64.1 Å². The van der Waals surface area contributed by atoms with Crippen molar-refractivity contribution in [2.45, 2.75) is 24.9 Å². The maximum Gasteiger partial charge on any atom is 0.410 e. The molecule has 0 radical (unpaired) electrons. The van der Waals surface area contributed by atoms with Crippen LogP contribution in [0.2, 0.25) is 0 Å². The fourth-order valence-corrected chi connectivity index (χ4v) is 3.85. The summed E-state index contributed by atoms with van der Waals surface area (Å²) < 4.78 is 5.62. The predicted octanol–water partition coefficient (Wildman–Crippen LogP) is 2.52. The molecule has 1 aromatic carbocycles. The third kappa shape index (κ3) is 2.94. The summed E-state index contributed by atoms with van der Waals surface area (Å²) in [7, 11) is 1.75. The van der Waals surface area contributed by atoms with Gasteiger partial charge in [0.2, 0.25) is 0 Å². The van der Waals surface area contributed by atoms with E-state index in [-0.39, 0.29) is 12.0 Å². The molecule has 1 N–H and O–H groups in total. The number of likely N-dealkylation sites (tertiary alicyclic amines) is 1. The summed E-state index contributed by atoms with van der Waals surface area (Å²) in [4.78, 5) is 35.6. The van der Waals surface area contributed by atoms with E-state index < -0.39 is 5.60 Å². The average Bonchev–Trinajstić information content (AvgIpc) is 3.17. The SMILES string of the molecule is CN1C[C@@]2(CCCN(C(=O)c3[nH]cnc3-c3ccccc3)CC2)OC1=O. The van der Waals surface area contributed by atoms with Crippen LogP contribution < -0.4 is 0 Å². The van der Waals surface area contributed by atoms with Crippen LogP contribution in [0.15, 0.2) is 36.7 Å². The zero-order valence-corrected chi connectivity index (χ0v) is 14.8. The number of rotatable bonds is 2. The molecule has 7 heteroatoms.